The molecule has 1 fully saturated rings. The summed E-state index contributed by atoms with van der Waals surface area (Å²) in [5.74, 6) is 0.0511. The molecule has 0 atom stereocenters. The number of halogens is 1. The first-order valence-corrected chi connectivity index (χ1v) is 6.73. The minimum absolute atomic E-state index is 0.0511. The molecule has 1 saturated heterocycles. The number of carbonyl (C=O) groups excluding carboxylic acids is 1. The quantitative estimate of drug-likeness (QED) is 0.680. The highest BCUT2D eigenvalue weighted by Gasteiger charge is 2.16. The molecule has 3 nitrogen and oxygen atoms in total. The first-order valence-electron chi connectivity index (χ1n) is 5.94. The van der Waals surface area contributed by atoms with E-state index in [9.17, 15) is 4.79 Å². The highest BCUT2D eigenvalue weighted by molar-refractivity contribution is 7.80. The monoisotopic (exact) mass is 282 g/mol. The number of thiocarbonyl (C=S) groups is 1. The predicted octanol–water partition coefficient (Wildman–Crippen LogP) is 2.15. The number of hydrogen-bond acceptors (Lipinski definition) is 3. The normalized spacial score (nSPS) is 15.5. The zero-order chi connectivity index (χ0) is 13.0. The topological polar surface area (TPSA) is 32.3 Å². The number of hydrogen-bond donors (Lipinski definition) is 1. The van der Waals surface area contributed by atoms with Crippen LogP contribution in [0, 0.1) is 0 Å². The van der Waals surface area contributed by atoms with Crippen molar-refractivity contribution in [3.05, 3.63) is 34.9 Å². The van der Waals surface area contributed by atoms with E-state index in [1.54, 1.807) is 24.3 Å². The van der Waals surface area contributed by atoms with Crippen molar-refractivity contribution in [3.63, 3.8) is 0 Å². The fourth-order valence-corrected chi connectivity index (χ4v) is 2.34. The number of rotatable bonds is 3. The van der Waals surface area contributed by atoms with Crippen molar-refractivity contribution in [3.8, 4) is 0 Å². The van der Waals surface area contributed by atoms with Gasteiger partial charge in [-0.1, -0.05) is 23.8 Å². The first kappa shape index (κ1) is 13.5. The summed E-state index contributed by atoms with van der Waals surface area (Å²) in [5.41, 5.74) is 0.664. The Hall–Kier alpha value is -0.970. The van der Waals surface area contributed by atoms with Crippen LogP contribution in [0.3, 0.4) is 0 Å². The molecule has 0 spiro atoms. The Bertz CT molecular complexity index is 441. The number of nitrogens with one attached hydrogen (secondary N) is 1. The predicted molar refractivity (Wildman–Crippen MR) is 77.4 cm³/mol. The molecule has 0 unspecified atom stereocenters. The van der Waals surface area contributed by atoms with Gasteiger partial charge in [0.05, 0.1) is 11.4 Å². The van der Waals surface area contributed by atoms with E-state index < -0.39 is 0 Å². The highest BCUT2D eigenvalue weighted by atomic mass is 35.5. The van der Waals surface area contributed by atoms with Gasteiger partial charge >= 0.3 is 0 Å². The van der Waals surface area contributed by atoms with Crippen molar-refractivity contribution in [2.24, 2.45) is 0 Å². The minimum atomic E-state index is 0.0511. The van der Waals surface area contributed by atoms with E-state index in [0.717, 1.165) is 31.2 Å². The number of benzene rings is 1. The molecule has 1 heterocycles. The van der Waals surface area contributed by atoms with E-state index in [0.29, 0.717) is 17.0 Å². The third-order valence-electron chi connectivity index (χ3n) is 2.95. The molecule has 1 aliphatic heterocycles. The summed E-state index contributed by atoms with van der Waals surface area (Å²) in [7, 11) is 0. The van der Waals surface area contributed by atoms with Gasteiger partial charge in [0, 0.05) is 36.8 Å². The zero-order valence-electron chi connectivity index (χ0n) is 9.99. The van der Waals surface area contributed by atoms with Gasteiger partial charge in [-0.3, -0.25) is 4.79 Å². The summed E-state index contributed by atoms with van der Waals surface area (Å²) in [6.45, 7) is 3.62. The largest absolute Gasteiger partial charge is 0.363 e. The summed E-state index contributed by atoms with van der Waals surface area (Å²) >= 11 is 11.1. The number of nitrogens with zero attached hydrogens (tertiary/aromatic N) is 1. The third-order valence-corrected chi connectivity index (χ3v) is 3.60. The van der Waals surface area contributed by atoms with Crippen molar-refractivity contribution in [1.29, 1.82) is 0 Å². The molecule has 0 bridgehead atoms. The third kappa shape index (κ3) is 3.51. The van der Waals surface area contributed by atoms with Gasteiger partial charge in [0.15, 0.2) is 5.78 Å². The van der Waals surface area contributed by atoms with Gasteiger partial charge in [-0.15, -0.1) is 0 Å². The number of piperazine rings is 1. The minimum Gasteiger partial charge on any atom is -0.363 e. The Morgan fingerprint density at radius 1 is 1.28 bits per heavy atom. The Morgan fingerprint density at radius 3 is 2.50 bits per heavy atom. The van der Waals surface area contributed by atoms with Crippen LogP contribution in [0.2, 0.25) is 5.02 Å². The highest BCUT2D eigenvalue weighted by Crippen LogP contribution is 2.12. The molecule has 96 valence electrons. The van der Waals surface area contributed by atoms with Crippen LogP contribution in [-0.4, -0.2) is 41.9 Å². The average Bonchev–Trinajstić information content (AvgIpc) is 2.40. The van der Waals surface area contributed by atoms with E-state index in [1.165, 1.54) is 0 Å². The lowest BCUT2D eigenvalue weighted by Crippen LogP contribution is -2.46. The lowest BCUT2D eigenvalue weighted by molar-refractivity contribution is 0.0997. The maximum atomic E-state index is 12.0. The molecule has 18 heavy (non-hydrogen) atoms. The van der Waals surface area contributed by atoms with Crippen LogP contribution in [0.4, 0.5) is 0 Å². The molecule has 1 N–H and O–H groups in total. The molecule has 0 saturated carbocycles. The van der Waals surface area contributed by atoms with E-state index in [4.69, 9.17) is 23.8 Å². The molecule has 0 radical (unpaired) electrons. The Labute approximate surface area is 117 Å². The summed E-state index contributed by atoms with van der Waals surface area (Å²) in [6.07, 6.45) is 0.303. The number of ketones is 1. The maximum Gasteiger partial charge on any atom is 0.169 e. The molecule has 0 aliphatic carbocycles. The van der Waals surface area contributed by atoms with Crippen molar-refractivity contribution >= 4 is 34.6 Å². The summed E-state index contributed by atoms with van der Waals surface area (Å²) in [5, 5.41) is 3.90. The van der Waals surface area contributed by atoms with Crippen LogP contribution >= 0.6 is 23.8 Å². The first-order chi connectivity index (χ1) is 8.66. The molecule has 0 aromatic heterocycles. The Balaban J connectivity index is 1.94. The molecular formula is C13H15ClN2OS. The van der Waals surface area contributed by atoms with Gasteiger partial charge in [-0.05, 0) is 24.3 Å². The van der Waals surface area contributed by atoms with Crippen LogP contribution < -0.4 is 5.32 Å². The van der Waals surface area contributed by atoms with Gasteiger partial charge in [-0.2, -0.15) is 0 Å². The molecule has 2 rings (SSSR count). The second kappa shape index (κ2) is 6.27. The van der Waals surface area contributed by atoms with Gasteiger partial charge in [0.1, 0.15) is 0 Å². The van der Waals surface area contributed by atoms with Crippen LogP contribution in [0.1, 0.15) is 16.8 Å². The SMILES string of the molecule is O=C(CC(=S)N1CCNCC1)c1ccc(Cl)cc1. The zero-order valence-corrected chi connectivity index (χ0v) is 11.6. The van der Waals surface area contributed by atoms with Crippen molar-refractivity contribution in [2.75, 3.05) is 26.2 Å². The van der Waals surface area contributed by atoms with Crippen molar-refractivity contribution in [2.45, 2.75) is 6.42 Å². The van der Waals surface area contributed by atoms with Crippen molar-refractivity contribution < 1.29 is 4.79 Å². The lowest BCUT2D eigenvalue weighted by atomic mass is 10.1. The van der Waals surface area contributed by atoms with Crippen molar-refractivity contribution in [1.82, 2.24) is 10.2 Å². The molecule has 5 heteroatoms. The number of Topliss-reactive ketones (excluding diaryl/α,β-unsaturated/α-hetero) is 1. The van der Waals surface area contributed by atoms with Gasteiger partial charge < -0.3 is 10.2 Å². The van der Waals surface area contributed by atoms with Crippen LogP contribution in [-0.2, 0) is 0 Å². The Kier molecular flexibility index (Phi) is 4.69. The standard InChI is InChI=1S/C13H15ClN2OS/c14-11-3-1-10(2-4-11)12(17)9-13(18)16-7-5-15-6-8-16/h1-4,15H,5-9H2. The second-order valence-corrected chi connectivity index (χ2v) is 5.15. The summed E-state index contributed by atoms with van der Waals surface area (Å²) < 4.78 is 0. The van der Waals surface area contributed by atoms with E-state index in [-0.39, 0.29) is 5.78 Å². The molecular weight excluding hydrogens is 268 g/mol. The second-order valence-electron chi connectivity index (χ2n) is 4.24. The van der Waals surface area contributed by atoms with E-state index in [2.05, 4.69) is 10.2 Å². The van der Waals surface area contributed by atoms with Gasteiger partial charge in [0.2, 0.25) is 0 Å². The fourth-order valence-electron chi connectivity index (χ4n) is 1.90. The van der Waals surface area contributed by atoms with E-state index >= 15 is 0 Å². The Morgan fingerprint density at radius 2 is 1.89 bits per heavy atom. The van der Waals surface area contributed by atoms with Crippen LogP contribution in [0.5, 0.6) is 0 Å². The summed E-state index contributed by atoms with van der Waals surface area (Å²) in [4.78, 5) is 14.9. The number of carbonyl (C=O) groups is 1. The van der Waals surface area contributed by atoms with Crippen LogP contribution in [0.25, 0.3) is 0 Å². The smallest absolute Gasteiger partial charge is 0.169 e. The van der Waals surface area contributed by atoms with Crippen LogP contribution in [0.15, 0.2) is 24.3 Å². The molecule has 1 aliphatic rings. The van der Waals surface area contributed by atoms with Gasteiger partial charge in [-0.25, -0.2) is 0 Å². The fraction of sp³-hybridized carbons (Fsp3) is 0.385. The molecule has 1 aromatic rings. The van der Waals surface area contributed by atoms with E-state index in [1.807, 2.05) is 0 Å². The molecule has 0 amide bonds. The average molecular weight is 283 g/mol. The van der Waals surface area contributed by atoms with Gasteiger partial charge in [0.25, 0.3) is 0 Å². The molecule has 1 aromatic carbocycles. The maximum absolute atomic E-state index is 12.0. The lowest BCUT2D eigenvalue weighted by Gasteiger charge is -2.29. The summed E-state index contributed by atoms with van der Waals surface area (Å²) in [6, 6.07) is 6.93.